The van der Waals surface area contributed by atoms with Crippen LogP contribution in [-0.2, 0) is 16.0 Å². The summed E-state index contributed by atoms with van der Waals surface area (Å²) in [7, 11) is 0. The van der Waals surface area contributed by atoms with Crippen molar-refractivity contribution >= 4 is 17.2 Å². The van der Waals surface area contributed by atoms with Gasteiger partial charge in [-0.15, -0.1) is 11.3 Å². The molecule has 24 heavy (non-hydrogen) atoms. The van der Waals surface area contributed by atoms with E-state index in [1.807, 2.05) is 0 Å². The van der Waals surface area contributed by atoms with Gasteiger partial charge in [0.2, 0.25) is 5.91 Å². The molecule has 5 heteroatoms. The SMILES string of the molecule is O=C(NCCc1cccs1)[C@H]1CO[C@H]2CCN(CC3CC3)C[C@H]2C1. The molecule has 1 aromatic rings. The topological polar surface area (TPSA) is 41.6 Å². The van der Waals surface area contributed by atoms with Gasteiger partial charge in [0.15, 0.2) is 0 Å². The number of hydrogen-bond donors (Lipinski definition) is 1. The summed E-state index contributed by atoms with van der Waals surface area (Å²) in [4.78, 5) is 16.4. The molecule has 3 fully saturated rings. The minimum absolute atomic E-state index is 0.0375. The van der Waals surface area contributed by atoms with Crippen LogP contribution < -0.4 is 5.32 Å². The van der Waals surface area contributed by atoms with E-state index >= 15 is 0 Å². The molecule has 1 aromatic heterocycles. The number of piperidine rings is 1. The molecule has 1 aliphatic carbocycles. The molecule has 1 amide bonds. The van der Waals surface area contributed by atoms with Crippen LogP contribution in [0.5, 0.6) is 0 Å². The molecule has 2 saturated heterocycles. The highest BCUT2D eigenvalue weighted by Crippen LogP contribution is 2.35. The second-order valence-corrected chi connectivity index (χ2v) is 8.71. The summed E-state index contributed by atoms with van der Waals surface area (Å²) in [5, 5.41) is 5.20. The zero-order chi connectivity index (χ0) is 16.4. The second kappa shape index (κ2) is 7.54. The monoisotopic (exact) mass is 348 g/mol. The van der Waals surface area contributed by atoms with Gasteiger partial charge >= 0.3 is 0 Å². The minimum Gasteiger partial charge on any atom is -0.377 e. The Morgan fingerprint density at radius 3 is 3.08 bits per heavy atom. The summed E-state index contributed by atoms with van der Waals surface area (Å²) in [6.45, 7) is 4.91. The Bertz CT molecular complexity index is 544. The molecule has 2 aliphatic heterocycles. The third kappa shape index (κ3) is 4.19. The molecule has 132 valence electrons. The first-order valence-electron chi connectivity index (χ1n) is 9.42. The van der Waals surface area contributed by atoms with Gasteiger partial charge in [-0.1, -0.05) is 6.07 Å². The Labute approximate surface area is 148 Å². The zero-order valence-corrected chi connectivity index (χ0v) is 15.1. The van der Waals surface area contributed by atoms with Crippen molar-refractivity contribution in [2.24, 2.45) is 17.8 Å². The van der Waals surface area contributed by atoms with Crippen molar-refractivity contribution in [1.29, 1.82) is 0 Å². The van der Waals surface area contributed by atoms with Gasteiger partial charge in [-0.25, -0.2) is 0 Å². The molecule has 3 aliphatic rings. The molecule has 0 bridgehead atoms. The van der Waals surface area contributed by atoms with E-state index in [2.05, 4.69) is 27.7 Å². The van der Waals surface area contributed by atoms with Crippen molar-refractivity contribution in [2.75, 3.05) is 32.8 Å². The molecule has 1 N–H and O–H groups in total. The number of nitrogens with zero attached hydrogens (tertiary/aromatic N) is 1. The maximum absolute atomic E-state index is 12.5. The molecule has 0 aromatic carbocycles. The third-order valence-electron chi connectivity index (χ3n) is 5.68. The Morgan fingerprint density at radius 1 is 1.38 bits per heavy atom. The number of ether oxygens (including phenoxy) is 1. The largest absolute Gasteiger partial charge is 0.377 e. The van der Waals surface area contributed by atoms with Crippen LogP contribution in [0.4, 0.5) is 0 Å². The number of likely N-dealkylation sites (tertiary alicyclic amines) is 1. The number of thiophene rings is 1. The summed E-state index contributed by atoms with van der Waals surface area (Å²) in [6.07, 6.45) is 6.28. The Hall–Kier alpha value is -0.910. The number of carbonyl (C=O) groups excluding carboxylic acids is 1. The lowest BCUT2D eigenvalue weighted by Crippen LogP contribution is -2.50. The molecular weight excluding hydrogens is 320 g/mol. The predicted molar refractivity (Wildman–Crippen MR) is 96.2 cm³/mol. The number of rotatable bonds is 6. The fourth-order valence-electron chi connectivity index (χ4n) is 4.13. The van der Waals surface area contributed by atoms with Crippen LogP contribution in [0, 0.1) is 17.8 Å². The number of fused-ring (bicyclic) bond motifs is 1. The van der Waals surface area contributed by atoms with Crippen LogP contribution >= 0.6 is 11.3 Å². The zero-order valence-electron chi connectivity index (χ0n) is 14.3. The van der Waals surface area contributed by atoms with Crippen molar-refractivity contribution in [3.63, 3.8) is 0 Å². The van der Waals surface area contributed by atoms with Gasteiger partial charge in [-0.05, 0) is 55.4 Å². The first-order valence-corrected chi connectivity index (χ1v) is 10.3. The molecule has 0 unspecified atom stereocenters. The van der Waals surface area contributed by atoms with Gasteiger partial charge in [0, 0.05) is 31.1 Å². The number of nitrogens with one attached hydrogen (secondary N) is 1. The average molecular weight is 349 g/mol. The lowest BCUT2D eigenvalue weighted by Gasteiger charge is -2.43. The highest BCUT2D eigenvalue weighted by molar-refractivity contribution is 7.09. The smallest absolute Gasteiger partial charge is 0.225 e. The fraction of sp³-hybridized carbons (Fsp3) is 0.737. The van der Waals surface area contributed by atoms with Gasteiger partial charge in [0.25, 0.3) is 0 Å². The molecule has 4 nitrogen and oxygen atoms in total. The first-order chi connectivity index (χ1) is 11.8. The van der Waals surface area contributed by atoms with E-state index in [1.54, 1.807) is 11.3 Å². The van der Waals surface area contributed by atoms with Crippen LogP contribution in [0.3, 0.4) is 0 Å². The number of amides is 1. The van der Waals surface area contributed by atoms with Crippen molar-refractivity contribution in [3.8, 4) is 0 Å². The quantitative estimate of drug-likeness (QED) is 0.859. The van der Waals surface area contributed by atoms with Crippen molar-refractivity contribution < 1.29 is 9.53 Å². The summed E-state index contributed by atoms with van der Waals surface area (Å²) in [5.41, 5.74) is 0. The molecule has 4 rings (SSSR count). The van der Waals surface area contributed by atoms with Gasteiger partial charge in [0.05, 0.1) is 18.6 Å². The van der Waals surface area contributed by atoms with Crippen LogP contribution in [0.25, 0.3) is 0 Å². The van der Waals surface area contributed by atoms with E-state index in [4.69, 9.17) is 4.74 Å². The third-order valence-corrected chi connectivity index (χ3v) is 6.62. The van der Waals surface area contributed by atoms with E-state index < -0.39 is 0 Å². The van der Waals surface area contributed by atoms with Gasteiger partial charge in [-0.2, -0.15) is 0 Å². The summed E-state index contributed by atoms with van der Waals surface area (Å²) in [5.74, 6) is 1.71. The van der Waals surface area contributed by atoms with E-state index in [9.17, 15) is 4.79 Å². The van der Waals surface area contributed by atoms with Gasteiger partial charge < -0.3 is 15.0 Å². The predicted octanol–water partition coefficient (Wildman–Crippen LogP) is 2.54. The van der Waals surface area contributed by atoms with Crippen molar-refractivity contribution in [2.45, 2.75) is 38.2 Å². The lowest BCUT2D eigenvalue weighted by molar-refractivity contribution is -0.139. The van der Waals surface area contributed by atoms with Crippen molar-refractivity contribution in [3.05, 3.63) is 22.4 Å². The standard InChI is InChI=1S/C19H28N2O2S/c22-19(20-7-5-17-2-1-9-24-17)16-10-15-12-21(11-14-3-4-14)8-6-18(15)23-13-16/h1-2,9,14-16,18H,3-8,10-13H2,(H,20,22)/t15-,16-,18+/m1/s1. The first kappa shape index (κ1) is 16.6. The molecule has 0 radical (unpaired) electrons. The highest BCUT2D eigenvalue weighted by Gasteiger charge is 2.39. The lowest BCUT2D eigenvalue weighted by atomic mass is 9.83. The number of hydrogen-bond acceptors (Lipinski definition) is 4. The summed E-state index contributed by atoms with van der Waals surface area (Å²) >= 11 is 1.75. The van der Waals surface area contributed by atoms with E-state index in [0.717, 1.165) is 38.3 Å². The molecule has 3 atom stereocenters. The molecule has 3 heterocycles. The summed E-state index contributed by atoms with van der Waals surface area (Å²) in [6, 6.07) is 4.19. The normalized spacial score (nSPS) is 30.8. The highest BCUT2D eigenvalue weighted by atomic mass is 32.1. The van der Waals surface area contributed by atoms with Crippen LogP contribution in [0.15, 0.2) is 17.5 Å². The Balaban J connectivity index is 1.23. The maximum atomic E-state index is 12.5. The Morgan fingerprint density at radius 2 is 2.29 bits per heavy atom. The summed E-state index contributed by atoms with van der Waals surface area (Å²) < 4.78 is 6.05. The fourth-order valence-corrected chi connectivity index (χ4v) is 4.84. The van der Waals surface area contributed by atoms with Crippen LogP contribution in [0.1, 0.15) is 30.6 Å². The van der Waals surface area contributed by atoms with E-state index in [1.165, 1.54) is 30.8 Å². The van der Waals surface area contributed by atoms with Crippen molar-refractivity contribution in [1.82, 2.24) is 10.2 Å². The Kier molecular flexibility index (Phi) is 5.20. The number of carbonyl (C=O) groups is 1. The average Bonchev–Trinajstić information content (AvgIpc) is 3.26. The molecular formula is C19H28N2O2S. The van der Waals surface area contributed by atoms with E-state index in [-0.39, 0.29) is 11.8 Å². The maximum Gasteiger partial charge on any atom is 0.225 e. The van der Waals surface area contributed by atoms with E-state index in [0.29, 0.717) is 18.6 Å². The van der Waals surface area contributed by atoms with Gasteiger partial charge in [-0.3, -0.25) is 4.79 Å². The second-order valence-electron chi connectivity index (χ2n) is 7.68. The molecule has 0 spiro atoms. The minimum atomic E-state index is 0.0375. The molecule has 1 saturated carbocycles. The van der Waals surface area contributed by atoms with Crippen LogP contribution in [0.2, 0.25) is 0 Å². The van der Waals surface area contributed by atoms with Crippen LogP contribution in [-0.4, -0.2) is 49.7 Å². The van der Waals surface area contributed by atoms with Gasteiger partial charge in [0.1, 0.15) is 0 Å².